The van der Waals surface area contributed by atoms with Gasteiger partial charge in [-0.3, -0.25) is 4.90 Å². The van der Waals surface area contributed by atoms with E-state index in [9.17, 15) is 0 Å². The third-order valence-electron chi connectivity index (χ3n) is 4.47. The summed E-state index contributed by atoms with van der Waals surface area (Å²) in [6, 6.07) is 11.1. The highest BCUT2D eigenvalue weighted by atomic mass is 32.2. The molecule has 5 nitrogen and oxygen atoms in total. The Labute approximate surface area is 142 Å². The van der Waals surface area contributed by atoms with Crippen LogP contribution in [0.2, 0.25) is 0 Å². The summed E-state index contributed by atoms with van der Waals surface area (Å²) in [5.41, 5.74) is 7.09. The van der Waals surface area contributed by atoms with Crippen LogP contribution in [0.5, 0.6) is 0 Å². The molecular formula is C17H25N5S. The molecule has 1 fully saturated rings. The lowest BCUT2D eigenvalue weighted by molar-refractivity contribution is 0.287. The molecule has 1 atom stereocenters. The van der Waals surface area contributed by atoms with Crippen molar-refractivity contribution in [2.24, 2.45) is 5.73 Å². The number of rotatable bonds is 7. The molecule has 3 rings (SSSR count). The van der Waals surface area contributed by atoms with E-state index in [1.165, 1.54) is 24.9 Å². The zero-order valence-electron chi connectivity index (χ0n) is 13.7. The Morgan fingerprint density at radius 2 is 2.09 bits per heavy atom. The maximum atomic E-state index is 5.84. The van der Waals surface area contributed by atoms with Crippen molar-refractivity contribution in [1.82, 2.24) is 19.7 Å². The molecule has 1 saturated heterocycles. The van der Waals surface area contributed by atoms with E-state index in [0.717, 1.165) is 29.8 Å². The van der Waals surface area contributed by atoms with E-state index in [1.54, 1.807) is 0 Å². The molecule has 1 aliphatic heterocycles. The molecule has 0 aliphatic carbocycles. The third kappa shape index (κ3) is 3.94. The Balaban J connectivity index is 1.70. The Hall–Kier alpha value is -1.37. The second kappa shape index (κ2) is 7.95. The van der Waals surface area contributed by atoms with Crippen LogP contribution in [0, 0.1) is 0 Å². The normalized spacial score (nSPS) is 18.6. The van der Waals surface area contributed by atoms with Crippen LogP contribution >= 0.6 is 11.8 Å². The first-order valence-electron chi connectivity index (χ1n) is 8.34. The molecule has 2 aromatic rings. The van der Waals surface area contributed by atoms with Crippen LogP contribution in [0.1, 0.15) is 31.2 Å². The molecule has 0 radical (unpaired) electrons. The van der Waals surface area contributed by atoms with Crippen molar-refractivity contribution in [2.45, 2.75) is 44.1 Å². The molecular weight excluding hydrogens is 306 g/mol. The molecule has 1 aliphatic rings. The Morgan fingerprint density at radius 1 is 1.26 bits per heavy atom. The van der Waals surface area contributed by atoms with Crippen molar-refractivity contribution >= 4 is 11.8 Å². The van der Waals surface area contributed by atoms with Gasteiger partial charge in [0.2, 0.25) is 0 Å². The summed E-state index contributed by atoms with van der Waals surface area (Å²) in [6.45, 7) is 5.81. The van der Waals surface area contributed by atoms with Crippen LogP contribution in [-0.2, 0) is 13.1 Å². The second-order valence-electron chi connectivity index (χ2n) is 5.91. The number of hydrogen-bond donors (Lipinski definition) is 1. The lowest BCUT2D eigenvalue weighted by Crippen LogP contribution is -2.31. The maximum absolute atomic E-state index is 5.84. The summed E-state index contributed by atoms with van der Waals surface area (Å²) >= 11 is 1.81. The van der Waals surface area contributed by atoms with E-state index in [-0.39, 0.29) is 0 Å². The van der Waals surface area contributed by atoms with Crippen LogP contribution in [0.25, 0.3) is 0 Å². The first-order chi connectivity index (χ1) is 11.3. The summed E-state index contributed by atoms with van der Waals surface area (Å²) < 4.78 is 2.16. The molecule has 1 aromatic heterocycles. The monoisotopic (exact) mass is 331 g/mol. The minimum Gasteiger partial charge on any atom is -0.324 e. The van der Waals surface area contributed by atoms with Gasteiger partial charge >= 0.3 is 0 Å². The van der Waals surface area contributed by atoms with E-state index in [0.29, 0.717) is 12.6 Å². The fourth-order valence-corrected chi connectivity index (χ4v) is 4.32. The molecule has 0 spiro atoms. The SMILES string of the molecule is CCN1CCCC1CSc1nnc(CN)n1Cc1ccccc1. The van der Waals surface area contributed by atoms with Gasteiger partial charge in [0.05, 0.1) is 13.1 Å². The number of hydrogen-bond acceptors (Lipinski definition) is 5. The van der Waals surface area contributed by atoms with Crippen molar-refractivity contribution in [3.05, 3.63) is 41.7 Å². The molecule has 1 aromatic carbocycles. The van der Waals surface area contributed by atoms with Gasteiger partial charge in [-0.2, -0.15) is 0 Å². The van der Waals surface area contributed by atoms with Gasteiger partial charge in [-0.15, -0.1) is 10.2 Å². The Morgan fingerprint density at radius 3 is 2.83 bits per heavy atom. The van der Waals surface area contributed by atoms with Crippen molar-refractivity contribution in [3.8, 4) is 0 Å². The smallest absolute Gasteiger partial charge is 0.191 e. The van der Waals surface area contributed by atoms with Crippen LogP contribution < -0.4 is 5.73 Å². The number of nitrogens with zero attached hydrogens (tertiary/aromatic N) is 4. The summed E-state index contributed by atoms with van der Waals surface area (Å²) in [4.78, 5) is 2.56. The Kier molecular flexibility index (Phi) is 5.70. The summed E-state index contributed by atoms with van der Waals surface area (Å²) in [5.74, 6) is 1.93. The number of nitrogens with two attached hydrogens (primary N) is 1. The predicted molar refractivity (Wildman–Crippen MR) is 94.5 cm³/mol. The quantitative estimate of drug-likeness (QED) is 0.789. The van der Waals surface area contributed by atoms with Crippen LogP contribution in [0.15, 0.2) is 35.5 Å². The fraction of sp³-hybridized carbons (Fsp3) is 0.529. The van der Waals surface area contributed by atoms with Crippen molar-refractivity contribution in [2.75, 3.05) is 18.8 Å². The zero-order valence-corrected chi connectivity index (χ0v) is 14.5. The zero-order chi connectivity index (χ0) is 16.1. The van der Waals surface area contributed by atoms with Crippen LogP contribution in [0.3, 0.4) is 0 Å². The highest BCUT2D eigenvalue weighted by Crippen LogP contribution is 2.25. The number of benzene rings is 1. The first-order valence-corrected chi connectivity index (χ1v) is 9.33. The van der Waals surface area contributed by atoms with Crippen molar-refractivity contribution in [3.63, 3.8) is 0 Å². The van der Waals surface area contributed by atoms with E-state index in [2.05, 4.69) is 50.9 Å². The number of likely N-dealkylation sites (tertiary alicyclic amines) is 1. The lowest BCUT2D eigenvalue weighted by Gasteiger charge is -2.22. The maximum Gasteiger partial charge on any atom is 0.191 e. The van der Waals surface area contributed by atoms with Crippen LogP contribution in [0.4, 0.5) is 0 Å². The van der Waals surface area contributed by atoms with Gasteiger partial charge in [0.1, 0.15) is 5.82 Å². The fourth-order valence-electron chi connectivity index (χ4n) is 3.17. The number of aromatic nitrogens is 3. The van der Waals surface area contributed by atoms with Crippen LogP contribution in [-0.4, -0.2) is 44.5 Å². The summed E-state index contributed by atoms with van der Waals surface area (Å²) in [5, 5.41) is 9.62. The van der Waals surface area contributed by atoms with Gasteiger partial charge in [-0.1, -0.05) is 49.0 Å². The third-order valence-corrected chi connectivity index (χ3v) is 5.58. The minimum absolute atomic E-state index is 0.422. The molecule has 124 valence electrons. The molecule has 23 heavy (non-hydrogen) atoms. The summed E-state index contributed by atoms with van der Waals surface area (Å²) in [6.07, 6.45) is 2.60. The van der Waals surface area contributed by atoms with E-state index in [1.807, 2.05) is 17.8 Å². The summed E-state index contributed by atoms with van der Waals surface area (Å²) in [7, 11) is 0. The van der Waals surface area contributed by atoms with Gasteiger partial charge in [-0.05, 0) is 31.5 Å². The lowest BCUT2D eigenvalue weighted by atomic mass is 10.2. The van der Waals surface area contributed by atoms with E-state index < -0.39 is 0 Å². The molecule has 1 unspecified atom stereocenters. The van der Waals surface area contributed by atoms with Gasteiger partial charge < -0.3 is 10.3 Å². The van der Waals surface area contributed by atoms with E-state index >= 15 is 0 Å². The highest BCUT2D eigenvalue weighted by molar-refractivity contribution is 7.99. The molecule has 0 saturated carbocycles. The highest BCUT2D eigenvalue weighted by Gasteiger charge is 2.24. The topological polar surface area (TPSA) is 60.0 Å². The van der Waals surface area contributed by atoms with E-state index in [4.69, 9.17) is 5.73 Å². The standard InChI is InChI=1S/C17H25N5S/c1-2-21-10-6-9-15(21)13-23-17-20-19-16(11-18)22(17)12-14-7-4-3-5-8-14/h3-5,7-8,15H,2,6,9-13,18H2,1H3. The first kappa shape index (κ1) is 16.5. The van der Waals surface area contributed by atoms with Gasteiger partial charge in [0, 0.05) is 11.8 Å². The molecule has 2 N–H and O–H groups in total. The average molecular weight is 331 g/mol. The Bertz CT molecular complexity index is 613. The predicted octanol–water partition coefficient (Wildman–Crippen LogP) is 2.36. The molecule has 6 heteroatoms. The van der Waals surface area contributed by atoms with Crippen molar-refractivity contribution in [1.29, 1.82) is 0 Å². The minimum atomic E-state index is 0.422. The number of thioether (sulfide) groups is 1. The molecule has 0 bridgehead atoms. The second-order valence-corrected chi connectivity index (χ2v) is 6.90. The van der Waals surface area contributed by atoms with Gasteiger partial charge in [0.25, 0.3) is 0 Å². The molecule has 2 heterocycles. The average Bonchev–Trinajstić information content (AvgIpc) is 3.20. The largest absolute Gasteiger partial charge is 0.324 e. The van der Waals surface area contributed by atoms with Crippen molar-refractivity contribution < 1.29 is 0 Å². The van der Waals surface area contributed by atoms with Gasteiger partial charge in [-0.25, -0.2) is 0 Å². The molecule has 0 amide bonds. The van der Waals surface area contributed by atoms with Gasteiger partial charge in [0.15, 0.2) is 5.16 Å².